The third kappa shape index (κ3) is 2.38. The van der Waals surface area contributed by atoms with E-state index in [-0.39, 0.29) is 6.61 Å². The van der Waals surface area contributed by atoms with Crippen molar-refractivity contribution in [2.75, 3.05) is 7.11 Å². The second-order valence-corrected chi connectivity index (χ2v) is 5.22. The predicted molar refractivity (Wildman–Crippen MR) is 82.6 cm³/mol. The average Bonchev–Trinajstić information content (AvgIpc) is 2.88. The lowest BCUT2D eigenvalue weighted by Gasteiger charge is -2.09. The van der Waals surface area contributed by atoms with Gasteiger partial charge in [0.15, 0.2) is 0 Å². The van der Waals surface area contributed by atoms with Gasteiger partial charge < -0.3 is 14.2 Å². The number of rotatable bonds is 3. The Kier molecular flexibility index (Phi) is 3.39. The van der Waals surface area contributed by atoms with Crippen molar-refractivity contribution in [3.05, 3.63) is 53.3 Å². The van der Waals surface area contributed by atoms with Crippen LogP contribution in [0.4, 0.5) is 0 Å². The first kappa shape index (κ1) is 13.6. The highest BCUT2D eigenvalue weighted by molar-refractivity contribution is 5.70. The normalized spacial score (nSPS) is 11.0. The van der Waals surface area contributed by atoms with Gasteiger partial charge >= 0.3 is 0 Å². The fourth-order valence-electron chi connectivity index (χ4n) is 2.69. The van der Waals surface area contributed by atoms with Gasteiger partial charge in [0.1, 0.15) is 11.4 Å². The number of aromatic nitrogens is 2. The zero-order valence-electron chi connectivity index (χ0n) is 12.4. The highest BCUT2D eigenvalue weighted by Crippen LogP contribution is 2.30. The number of nitrogens with zero attached hydrogens (tertiary/aromatic N) is 2. The fourth-order valence-corrected chi connectivity index (χ4v) is 2.69. The van der Waals surface area contributed by atoms with Crippen molar-refractivity contribution < 1.29 is 9.84 Å². The summed E-state index contributed by atoms with van der Waals surface area (Å²) in [5.41, 5.74) is 6.04. The summed E-state index contributed by atoms with van der Waals surface area (Å²) in [7, 11) is 1.68. The Morgan fingerprint density at radius 2 is 1.90 bits per heavy atom. The Morgan fingerprint density at radius 1 is 1.19 bits per heavy atom. The number of fused-ring (bicyclic) bond motifs is 1. The van der Waals surface area contributed by atoms with Crippen LogP contribution in [-0.4, -0.2) is 21.6 Å². The van der Waals surface area contributed by atoms with Crippen molar-refractivity contribution >= 4 is 5.65 Å². The lowest BCUT2D eigenvalue weighted by atomic mass is 10.00. The number of benzene rings is 1. The highest BCUT2D eigenvalue weighted by Gasteiger charge is 2.12. The monoisotopic (exact) mass is 282 g/mol. The smallest absolute Gasteiger partial charge is 0.137 e. The molecule has 2 aromatic heterocycles. The van der Waals surface area contributed by atoms with Crippen LogP contribution in [0.15, 0.2) is 36.7 Å². The number of hydrogen-bond donors (Lipinski definition) is 1. The largest absolute Gasteiger partial charge is 0.497 e. The molecule has 0 bridgehead atoms. The molecule has 2 heterocycles. The molecule has 1 N–H and O–H groups in total. The van der Waals surface area contributed by atoms with Gasteiger partial charge in [-0.3, -0.25) is 0 Å². The molecule has 4 nitrogen and oxygen atoms in total. The SMILES string of the molecule is COc1cc(C)c(-c2cn3ccc(CO)cc3n2)c(C)c1. The predicted octanol–water partition coefficient (Wildman–Crippen LogP) is 3.12. The van der Waals surface area contributed by atoms with Crippen molar-refractivity contribution in [2.24, 2.45) is 0 Å². The lowest BCUT2D eigenvalue weighted by Crippen LogP contribution is -1.91. The average molecular weight is 282 g/mol. The molecule has 0 unspecified atom stereocenters. The molecule has 3 rings (SSSR count). The minimum atomic E-state index is 0.0271. The first-order chi connectivity index (χ1) is 10.1. The standard InChI is InChI=1S/C17H18N2O2/c1-11-6-14(21-3)7-12(2)17(11)15-9-19-5-4-13(10-20)8-16(19)18-15/h4-9,20H,10H2,1-3H3. The van der Waals surface area contributed by atoms with Crippen molar-refractivity contribution in [3.8, 4) is 17.0 Å². The van der Waals surface area contributed by atoms with E-state index in [4.69, 9.17) is 4.74 Å². The third-order valence-corrected chi connectivity index (χ3v) is 3.71. The van der Waals surface area contributed by atoms with Crippen molar-refractivity contribution in [2.45, 2.75) is 20.5 Å². The molecule has 3 aromatic rings. The molecule has 0 radical (unpaired) electrons. The molecular weight excluding hydrogens is 264 g/mol. The maximum absolute atomic E-state index is 9.22. The highest BCUT2D eigenvalue weighted by atomic mass is 16.5. The van der Waals surface area contributed by atoms with E-state index in [2.05, 4.69) is 18.8 Å². The summed E-state index contributed by atoms with van der Waals surface area (Å²) < 4.78 is 7.27. The Balaban J connectivity index is 2.16. The number of methoxy groups -OCH3 is 1. The van der Waals surface area contributed by atoms with Crippen LogP contribution >= 0.6 is 0 Å². The Morgan fingerprint density at radius 3 is 2.52 bits per heavy atom. The van der Waals surface area contributed by atoms with Crippen molar-refractivity contribution in [1.82, 2.24) is 9.38 Å². The summed E-state index contributed by atoms with van der Waals surface area (Å²) in [6.07, 6.45) is 3.93. The number of aliphatic hydroxyl groups excluding tert-OH is 1. The minimum Gasteiger partial charge on any atom is -0.497 e. The maximum Gasteiger partial charge on any atom is 0.137 e. The quantitative estimate of drug-likeness (QED) is 0.803. The van der Waals surface area contributed by atoms with Crippen molar-refractivity contribution in [3.63, 3.8) is 0 Å². The van der Waals surface area contributed by atoms with Gasteiger partial charge in [0, 0.05) is 18.0 Å². The Bertz CT molecular complexity index is 783. The molecular formula is C17H18N2O2. The third-order valence-electron chi connectivity index (χ3n) is 3.71. The molecule has 0 atom stereocenters. The van der Waals surface area contributed by atoms with Gasteiger partial charge in [-0.2, -0.15) is 0 Å². The molecule has 0 saturated heterocycles. The number of pyridine rings is 1. The van der Waals surface area contributed by atoms with E-state index < -0.39 is 0 Å². The van der Waals surface area contributed by atoms with Gasteiger partial charge in [-0.25, -0.2) is 4.98 Å². The number of imidazole rings is 1. The minimum absolute atomic E-state index is 0.0271. The topological polar surface area (TPSA) is 46.8 Å². The maximum atomic E-state index is 9.22. The van der Waals surface area contributed by atoms with Gasteiger partial charge in [-0.1, -0.05) is 0 Å². The van der Waals surface area contributed by atoms with Crippen LogP contribution in [0.25, 0.3) is 16.9 Å². The lowest BCUT2D eigenvalue weighted by molar-refractivity contribution is 0.282. The van der Waals surface area contributed by atoms with Gasteiger partial charge in [0.2, 0.25) is 0 Å². The van der Waals surface area contributed by atoms with Crippen LogP contribution < -0.4 is 4.74 Å². The molecule has 4 heteroatoms. The van der Waals surface area contributed by atoms with E-state index in [1.54, 1.807) is 7.11 Å². The molecule has 0 aliphatic rings. The number of aliphatic hydroxyl groups is 1. The van der Waals surface area contributed by atoms with Crippen LogP contribution in [-0.2, 0) is 6.61 Å². The summed E-state index contributed by atoms with van der Waals surface area (Å²) >= 11 is 0. The van der Waals surface area contributed by atoms with Crippen LogP contribution in [0.5, 0.6) is 5.75 Å². The van der Waals surface area contributed by atoms with Crippen LogP contribution in [0, 0.1) is 13.8 Å². The van der Waals surface area contributed by atoms with Gasteiger partial charge in [-0.05, 0) is 54.8 Å². The van der Waals surface area contributed by atoms with Crippen LogP contribution in [0.2, 0.25) is 0 Å². The van der Waals surface area contributed by atoms with E-state index >= 15 is 0 Å². The molecule has 0 aliphatic heterocycles. The summed E-state index contributed by atoms with van der Waals surface area (Å²) in [5.74, 6) is 0.861. The van der Waals surface area contributed by atoms with E-state index in [1.807, 2.05) is 41.1 Å². The number of ether oxygens (including phenoxy) is 1. The molecule has 0 spiro atoms. The van der Waals surface area contributed by atoms with Gasteiger partial charge in [-0.15, -0.1) is 0 Å². The van der Waals surface area contributed by atoms with E-state index in [0.717, 1.165) is 39.3 Å². The first-order valence-corrected chi connectivity index (χ1v) is 6.86. The Hall–Kier alpha value is -2.33. The molecule has 0 amide bonds. The molecule has 21 heavy (non-hydrogen) atoms. The second-order valence-electron chi connectivity index (χ2n) is 5.22. The van der Waals surface area contributed by atoms with Gasteiger partial charge in [0.05, 0.1) is 19.4 Å². The molecule has 108 valence electrons. The zero-order chi connectivity index (χ0) is 15.0. The fraction of sp³-hybridized carbons (Fsp3) is 0.235. The molecule has 0 saturated carbocycles. The van der Waals surface area contributed by atoms with Crippen LogP contribution in [0.3, 0.4) is 0 Å². The summed E-state index contributed by atoms with van der Waals surface area (Å²) in [6, 6.07) is 7.83. The first-order valence-electron chi connectivity index (χ1n) is 6.86. The summed E-state index contributed by atoms with van der Waals surface area (Å²) in [6.45, 7) is 4.15. The van der Waals surface area contributed by atoms with Crippen molar-refractivity contribution in [1.29, 1.82) is 0 Å². The van der Waals surface area contributed by atoms with Crippen LogP contribution in [0.1, 0.15) is 16.7 Å². The molecule has 0 fully saturated rings. The summed E-state index contributed by atoms with van der Waals surface area (Å²) in [5, 5.41) is 9.22. The van der Waals surface area contributed by atoms with E-state index in [0.29, 0.717) is 0 Å². The van der Waals surface area contributed by atoms with Gasteiger partial charge in [0.25, 0.3) is 0 Å². The zero-order valence-corrected chi connectivity index (χ0v) is 12.4. The van der Waals surface area contributed by atoms with E-state index in [1.165, 1.54) is 0 Å². The number of aryl methyl sites for hydroxylation is 2. The second kappa shape index (κ2) is 5.22. The molecule has 0 aliphatic carbocycles. The Labute approximate surface area is 123 Å². The van der Waals surface area contributed by atoms with E-state index in [9.17, 15) is 5.11 Å². The number of hydrogen-bond acceptors (Lipinski definition) is 3. The summed E-state index contributed by atoms with van der Waals surface area (Å²) in [4.78, 5) is 4.68. The molecule has 1 aromatic carbocycles.